The summed E-state index contributed by atoms with van der Waals surface area (Å²) in [4.78, 5) is 7.59. The van der Waals surface area contributed by atoms with E-state index >= 15 is 0 Å². The molecule has 0 aromatic rings. The second-order valence-corrected chi connectivity index (χ2v) is 6.25. The topological polar surface area (TPSA) is 21.8 Å². The van der Waals surface area contributed by atoms with Crippen LogP contribution >= 0.6 is 0 Å². The molecule has 0 amide bonds. The van der Waals surface area contributed by atoms with Gasteiger partial charge in [0.15, 0.2) is 0 Å². The van der Waals surface area contributed by atoms with Crippen molar-refractivity contribution in [3.63, 3.8) is 0 Å². The third-order valence-corrected chi connectivity index (χ3v) is 4.52. The van der Waals surface area contributed by atoms with E-state index in [0.29, 0.717) is 6.04 Å². The van der Waals surface area contributed by atoms with Crippen LogP contribution in [-0.4, -0.2) is 87.7 Å². The van der Waals surface area contributed by atoms with Crippen molar-refractivity contribution in [2.45, 2.75) is 18.9 Å². The highest BCUT2D eigenvalue weighted by Crippen LogP contribution is 2.22. The highest BCUT2D eigenvalue weighted by Gasteiger charge is 2.29. The van der Waals surface area contributed by atoms with Crippen molar-refractivity contribution in [2.75, 3.05) is 67.0 Å². The van der Waals surface area contributed by atoms with Crippen LogP contribution in [0.2, 0.25) is 0 Å². The number of piperidine rings is 1. The number of nitrogens with zero attached hydrogens (tertiary/aromatic N) is 3. The molecule has 2 aliphatic rings. The van der Waals surface area contributed by atoms with Crippen LogP contribution in [0.5, 0.6) is 0 Å². The van der Waals surface area contributed by atoms with E-state index in [1.165, 1.54) is 45.6 Å². The Labute approximate surface area is 112 Å². The summed E-state index contributed by atoms with van der Waals surface area (Å²) in [5.41, 5.74) is 0. The Balaban J connectivity index is 1.89. The Kier molecular flexibility index (Phi) is 5.42. The summed E-state index contributed by atoms with van der Waals surface area (Å²) in [5.74, 6) is 0.841. The minimum absolute atomic E-state index is 0.714. The lowest BCUT2D eigenvalue weighted by molar-refractivity contribution is 0.0843. The van der Waals surface area contributed by atoms with Gasteiger partial charge in [0.05, 0.1) is 0 Å². The molecule has 1 N–H and O–H groups in total. The maximum atomic E-state index is 3.44. The fourth-order valence-corrected chi connectivity index (χ4v) is 3.41. The smallest absolute Gasteiger partial charge is 0.0257 e. The normalized spacial score (nSPS) is 29.7. The Morgan fingerprint density at radius 3 is 2.56 bits per heavy atom. The first-order valence-electron chi connectivity index (χ1n) is 7.45. The molecule has 0 aromatic carbocycles. The molecule has 106 valence electrons. The molecule has 0 radical (unpaired) electrons. The molecule has 2 atom stereocenters. The van der Waals surface area contributed by atoms with Gasteiger partial charge in [-0.3, -0.25) is 4.90 Å². The Hall–Kier alpha value is -0.160. The van der Waals surface area contributed by atoms with E-state index < -0.39 is 0 Å². The molecule has 2 unspecified atom stereocenters. The monoisotopic (exact) mass is 254 g/mol. The molecule has 0 bridgehead atoms. The van der Waals surface area contributed by atoms with E-state index in [0.717, 1.165) is 19.0 Å². The summed E-state index contributed by atoms with van der Waals surface area (Å²) in [5, 5.41) is 3.44. The molecule has 2 saturated heterocycles. The quantitative estimate of drug-likeness (QED) is 0.772. The average molecular weight is 254 g/mol. The maximum absolute atomic E-state index is 3.44. The second-order valence-electron chi connectivity index (χ2n) is 6.25. The Morgan fingerprint density at radius 1 is 1.22 bits per heavy atom. The molecule has 2 rings (SSSR count). The number of piperazine rings is 1. The standard InChI is InChI=1S/C14H30N4/c1-16(2)14(12-18-9-6-15-7-10-18)13-5-4-8-17(3)11-13/h13-15H,4-12H2,1-3H3. The SMILES string of the molecule is CN1CCCC(C(CN2CCNCC2)N(C)C)C1. The molecular formula is C14H30N4. The van der Waals surface area contributed by atoms with Crippen molar-refractivity contribution in [1.29, 1.82) is 0 Å². The molecule has 4 nitrogen and oxygen atoms in total. The van der Waals surface area contributed by atoms with E-state index in [2.05, 4.69) is 41.2 Å². The highest BCUT2D eigenvalue weighted by atomic mass is 15.2. The van der Waals surface area contributed by atoms with Crippen LogP contribution in [0.15, 0.2) is 0 Å². The van der Waals surface area contributed by atoms with Gasteiger partial charge in [-0.1, -0.05) is 0 Å². The predicted molar refractivity (Wildman–Crippen MR) is 77.0 cm³/mol. The fraction of sp³-hybridized carbons (Fsp3) is 1.00. The summed E-state index contributed by atoms with van der Waals surface area (Å²) in [6.45, 7) is 8.54. The molecule has 0 aliphatic carbocycles. The lowest BCUT2D eigenvalue weighted by Gasteiger charge is -2.41. The first-order valence-corrected chi connectivity index (χ1v) is 7.45. The van der Waals surface area contributed by atoms with E-state index in [1.54, 1.807) is 0 Å². The zero-order valence-corrected chi connectivity index (χ0v) is 12.4. The number of likely N-dealkylation sites (tertiary alicyclic amines) is 1. The molecule has 18 heavy (non-hydrogen) atoms. The Bertz CT molecular complexity index is 238. The van der Waals surface area contributed by atoms with Crippen LogP contribution in [0.1, 0.15) is 12.8 Å². The number of likely N-dealkylation sites (N-methyl/N-ethyl adjacent to an activating group) is 1. The van der Waals surface area contributed by atoms with Crippen molar-refractivity contribution in [2.24, 2.45) is 5.92 Å². The summed E-state index contributed by atoms with van der Waals surface area (Å²) in [6.07, 6.45) is 2.77. The minimum Gasteiger partial charge on any atom is -0.314 e. The van der Waals surface area contributed by atoms with E-state index in [1.807, 2.05) is 0 Å². The zero-order valence-electron chi connectivity index (χ0n) is 12.4. The Morgan fingerprint density at radius 2 is 1.94 bits per heavy atom. The van der Waals surface area contributed by atoms with Crippen LogP contribution in [0, 0.1) is 5.92 Å². The molecule has 0 spiro atoms. The van der Waals surface area contributed by atoms with Crippen LogP contribution in [0.4, 0.5) is 0 Å². The van der Waals surface area contributed by atoms with E-state index in [9.17, 15) is 0 Å². The first kappa shape index (κ1) is 14.3. The van der Waals surface area contributed by atoms with Crippen molar-refractivity contribution in [3.05, 3.63) is 0 Å². The van der Waals surface area contributed by atoms with Gasteiger partial charge in [0.1, 0.15) is 0 Å². The van der Waals surface area contributed by atoms with Crippen LogP contribution in [0.3, 0.4) is 0 Å². The summed E-state index contributed by atoms with van der Waals surface area (Å²) in [7, 11) is 6.77. The maximum Gasteiger partial charge on any atom is 0.0257 e. The van der Waals surface area contributed by atoms with E-state index in [-0.39, 0.29) is 0 Å². The molecule has 4 heteroatoms. The van der Waals surface area contributed by atoms with Crippen molar-refractivity contribution < 1.29 is 0 Å². The number of nitrogens with one attached hydrogen (secondary N) is 1. The molecule has 0 saturated carbocycles. The summed E-state index contributed by atoms with van der Waals surface area (Å²) in [6, 6.07) is 0.714. The lowest BCUT2D eigenvalue weighted by atomic mass is 9.89. The summed E-state index contributed by atoms with van der Waals surface area (Å²) >= 11 is 0. The van der Waals surface area contributed by atoms with E-state index in [4.69, 9.17) is 0 Å². The third-order valence-electron chi connectivity index (χ3n) is 4.52. The van der Waals surface area contributed by atoms with Gasteiger partial charge in [-0.2, -0.15) is 0 Å². The van der Waals surface area contributed by atoms with Gasteiger partial charge in [-0.05, 0) is 46.4 Å². The van der Waals surface area contributed by atoms with Gasteiger partial charge in [-0.25, -0.2) is 0 Å². The van der Waals surface area contributed by atoms with Gasteiger partial charge in [0.25, 0.3) is 0 Å². The third kappa shape index (κ3) is 3.92. The number of rotatable bonds is 4. The molecule has 0 aromatic heterocycles. The molecule has 2 fully saturated rings. The van der Waals surface area contributed by atoms with Crippen LogP contribution < -0.4 is 5.32 Å². The van der Waals surface area contributed by atoms with Gasteiger partial charge in [-0.15, -0.1) is 0 Å². The molecule has 2 heterocycles. The van der Waals surface area contributed by atoms with Gasteiger partial charge in [0, 0.05) is 45.3 Å². The molecular weight excluding hydrogens is 224 g/mol. The number of hydrogen-bond acceptors (Lipinski definition) is 4. The van der Waals surface area contributed by atoms with Crippen LogP contribution in [0.25, 0.3) is 0 Å². The van der Waals surface area contributed by atoms with Crippen LogP contribution in [-0.2, 0) is 0 Å². The fourth-order valence-electron chi connectivity index (χ4n) is 3.41. The average Bonchev–Trinajstić information content (AvgIpc) is 2.37. The second kappa shape index (κ2) is 6.85. The van der Waals surface area contributed by atoms with Gasteiger partial charge >= 0.3 is 0 Å². The largest absolute Gasteiger partial charge is 0.314 e. The summed E-state index contributed by atoms with van der Waals surface area (Å²) < 4.78 is 0. The van der Waals surface area contributed by atoms with Gasteiger partial charge < -0.3 is 15.1 Å². The number of hydrogen-bond donors (Lipinski definition) is 1. The van der Waals surface area contributed by atoms with Crippen molar-refractivity contribution in [1.82, 2.24) is 20.0 Å². The minimum atomic E-state index is 0.714. The lowest BCUT2D eigenvalue weighted by Crippen LogP contribution is -2.53. The first-order chi connectivity index (χ1) is 8.66. The van der Waals surface area contributed by atoms with Crippen molar-refractivity contribution in [3.8, 4) is 0 Å². The molecule has 2 aliphatic heterocycles. The van der Waals surface area contributed by atoms with Crippen molar-refractivity contribution >= 4 is 0 Å². The highest BCUT2D eigenvalue weighted by molar-refractivity contribution is 4.85. The van der Waals surface area contributed by atoms with Gasteiger partial charge in [0.2, 0.25) is 0 Å². The predicted octanol–water partition coefficient (Wildman–Crippen LogP) is 0.164. The zero-order chi connectivity index (χ0) is 13.0.